The molecule has 2 rings (SSSR count). The summed E-state index contributed by atoms with van der Waals surface area (Å²) in [5.41, 5.74) is 0. The number of hydrogen-bond donors (Lipinski definition) is 2. The van der Waals surface area contributed by atoms with Crippen LogP contribution in [-0.2, 0) is 0 Å². The highest BCUT2D eigenvalue weighted by molar-refractivity contribution is 4.86. The lowest BCUT2D eigenvalue weighted by atomic mass is 9.71. The van der Waals surface area contributed by atoms with Gasteiger partial charge in [-0.1, -0.05) is 44.9 Å². The third-order valence-corrected chi connectivity index (χ3v) is 4.82. The van der Waals surface area contributed by atoms with Gasteiger partial charge in [-0.05, 0) is 37.6 Å². The number of hydrogen-bond acceptors (Lipinski definition) is 2. The molecular formula is C15H29NO. The lowest BCUT2D eigenvalue weighted by Crippen LogP contribution is -2.43. The molecule has 2 fully saturated rings. The Labute approximate surface area is 106 Å². The Balaban J connectivity index is 1.82. The van der Waals surface area contributed by atoms with Gasteiger partial charge in [0.05, 0.1) is 0 Å². The first kappa shape index (κ1) is 13.4. The van der Waals surface area contributed by atoms with Crippen molar-refractivity contribution >= 4 is 0 Å². The molecule has 0 aromatic rings. The molecule has 2 aliphatic carbocycles. The molecule has 2 unspecified atom stereocenters. The highest BCUT2D eigenvalue weighted by atomic mass is 16.3. The van der Waals surface area contributed by atoms with Gasteiger partial charge in [0.1, 0.15) is 0 Å². The summed E-state index contributed by atoms with van der Waals surface area (Å²) in [5.74, 6) is 1.93. The van der Waals surface area contributed by atoms with Crippen molar-refractivity contribution in [3.05, 3.63) is 0 Å². The van der Waals surface area contributed by atoms with Crippen LogP contribution >= 0.6 is 0 Å². The van der Waals surface area contributed by atoms with Crippen molar-refractivity contribution in [2.24, 2.45) is 11.8 Å². The summed E-state index contributed by atoms with van der Waals surface area (Å²) in [6.45, 7) is 1.33. The fourth-order valence-corrected chi connectivity index (χ4v) is 3.91. The average molecular weight is 239 g/mol. The number of rotatable bonds is 5. The van der Waals surface area contributed by atoms with E-state index >= 15 is 0 Å². The SMILES string of the molecule is OCCCNC1CCCCC1C1CCCCC1. The molecule has 2 nitrogen and oxygen atoms in total. The average Bonchev–Trinajstić information content (AvgIpc) is 2.41. The van der Waals surface area contributed by atoms with Crippen LogP contribution in [0.1, 0.15) is 64.2 Å². The fraction of sp³-hybridized carbons (Fsp3) is 1.00. The molecule has 0 radical (unpaired) electrons. The predicted molar refractivity (Wildman–Crippen MR) is 72.0 cm³/mol. The molecule has 2 heteroatoms. The molecule has 0 heterocycles. The second kappa shape index (κ2) is 7.38. The third-order valence-electron chi connectivity index (χ3n) is 4.82. The summed E-state index contributed by atoms with van der Waals surface area (Å²) in [6, 6.07) is 0.749. The molecule has 0 saturated heterocycles. The van der Waals surface area contributed by atoms with E-state index < -0.39 is 0 Å². The second-order valence-electron chi connectivity index (χ2n) is 5.98. The Morgan fingerprint density at radius 3 is 2.35 bits per heavy atom. The first-order valence-electron chi connectivity index (χ1n) is 7.76. The molecule has 0 spiro atoms. The fourth-order valence-electron chi connectivity index (χ4n) is 3.91. The third kappa shape index (κ3) is 3.96. The number of nitrogens with one attached hydrogen (secondary N) is 1. The van der Waals surface area contributed by atoms with Gasteiger partial charge in [-0.25, -0.2) is 0 Å². The molecule has 0 amide bonds. The smallest absolute Gasteiger partial charge is 0.0443 e. The maximum absolute atomic E-state index is 8.87. The maximum atomic E-state index is 8.87. The van der Waals surface area contributed by atoms with Crippen molar-refractivity contribution in [1.29, 1.82) is 0 Å². The van der Waals surface area contributed by atoms with Crippen LogP contribution in [-0.4, -0.2) is 24.3 Å². The lowest BCUT2D eigenvalue weighted by Gasteiger charge is -2.39. The van der Waals surface area contributed by atoms with E-state index in [1.165, 1.54) is 57.8 Å². The standard InChI is InChI=1S/C15H29NO/c17-12-6-11-16-15-10-5-4-9-14(15)13-7-2-1-3-8-13/h13-17H,1-12H2. The molecule has 17 heavy (non-hydrogen) atoms. The van der Waals surface area contributed by atoms with Crippen LogP contribution in [0.15, 0.2) is 0 Å². The molecule has 2 saturated carbocycles. The van der Waals surface area contributed by atoms with Gasteiger partial charge in [-0.2, -0.15) is 0 Å². The van der Waals surface area contributed by atoms with Gasteiger partial charge in [0, 0.05) is 12.6 Å². The zero-order chi connectivity index (χ0) is 11.9. The van der Waals surface area contributed by atoms with Crippen LogP contribution in [0.5, 0.6) is 0 Å². The summed E-state index contributed by atoms with van der Waals surface area (Å²) >= 11 is 0. The Kier molecular flexibility index (Phi) is 5.79. The van der Waals surface area contributed by atoms with Gasteiger partial charge in [0.25, 0.3) is 0 Å². The Morgan fingerprint density at radius 2 is 1.59 bits per heavy atom. The summed E-state index contributed by atoms with van der Waals surface area (Å²) in [5, 5.41) is 12.6. The first-order chi connectivity index (χ1) is 8.42. The zero-order valence-corrected chi connectivity index (χ0v) is 11.2. The molecule has 2 N–H and O–H groups in total. The minimum atomic E-state index is 0.327. The number of aliphatic hydroxyl groups is 1. The van der Waals surface area contributed by atoms with E-state index in [0.717, 1.165) is 30.8 Å². The first-order valence-corrected chi connectivity index (χ1v) is 7.76. The summed E-state index contributed by atoms with van der Waals surface area (Å²) in [7, 11) is 0. The van der Waals surface area contributed by atoms with E-state index in [1.807, 2.05) is 0 Å². The Hall–Kier alpha value is -0.0800. The Bertz CT molecular complexity index is 201. The van der Waals surface area contributed by atoms with Crippen LogP contribution in [0.25, 0.3) is 0 Å². The van der Waals surface area contributed by atoms with Gasteiger partial charge in [0.15, 0.2) is 0 Å². The van der Waals surface area contributed by atoms with Crippen molar-refractivity contribution in [2.75, 3.05) is 13.2 Å². The highest BCUT2D eigenvalue weighted by Gasteiger charge is 2.31. The van der Waals surface area contributed by atoms with E-state index in [1.54, 1.807) is 0 Å². The van der Waals surface area contributed by atoms with Gasteiger partial charge in [-0.15, -0.1) is 0 Å². The van der Waals surface area contributed by atoms with E-state index in [4.69, 9.17) is 5.11 Å². The molecule has 100 valence electrons. The zero-order valence-electron chi connectivity index (χ0n) is 11.2. The van der Waals surface area contributed by atoms with Gasteiger partial charge in [0.2, 0.25) is 0 Å². The largest absolute Gasteiger partial charge is 0.396 e. The summed E-state index contributed by atoms with van der Waals surface area (Å²) in [4.78, 5) is 0. The Morgan fingerprint density at radius 1 is 0.882 bits per heavy atom. The molecule has 0 aromatic heterocycles. The predicted octanol–water partition coefficient (Wildman–Crippen LogP) is 3.10. The van der Waals surface area contributed by atoms with Crippen LogP contribution in [0.2, 0.25) is 0 Å². The monoisotopic (exact) mass is 239 g/mol. The molecule has 2 aliphatic rings. The highest BCUT2D eigenvalue weighted by Crippen LogP contribution is 2.38. The quantitative estimate of drug-likeness (QED) is 0.723. The van der Waals surface area contributed by atoms with E-state index in [9.17, 15) is 0 Å². The minimum Gasteiger partial charge on any atom is -0.396 e. The van der Waals surface area contributed by atoms with Crippen molar-refractivity contribution < 1.29 is 5.11 Å². The summed E-state index contributed by atoms with van der Waals surface area (Å²) < 4.78 is 0. The van der Waals surface area contributed by atoms with Crippen molar-refractivity contribution in [3.63, 3.8) is 0 Å². The van der Waals surface area contributed by atoms with Crippen LogP contribution in [0.4, 0.5) is 0 Å². The van der Waals surface area contributed by atoms with Crippen molar-refractivity contribution in [1.82, 2.24) is 5.32 Å². The molecule has 2 atom stereocenters. The van der Waals surface area contributed by atoms with Gasteiger partial charge in [-0.3, -0.25) is 0 Å². The number of aliphatic hydroxyl groups excluding tert-OH is 1. The molecule has 0 bridgehead atoms. The summed E-state index contributed by atoms with van der Waals surface area (Å²) in [6.07, 6.45) is 13.9. The van der Waals surface area contributed by atoms with Crippen LogP contribution < -0.4 is 5.32 Å². The van der Waals surface area contributed by atoms with E-state index in [-0.39, 0.29) is 0 Å². The molecule has 0 aliphatic heterocycles. The maximum Gasteiger partial charge on any atom is 0.0443 e. The van der Waals surface area contributed by atoms with Crippen LogP contribution in [0, 0.1) is 11.8 Å². The van der Waals surface area contributed by atoms with Crippen molar-refractivity contribution in [2.45, 2.75) is 70.3 Å². The van der Waals surface area contributed by atoms with Crippen molar-refractivity contribution in [3.8, 4) is 0 Å². The van der Waals surface area contributed by atoms with E-state index in [0.29, 0.717) is 6.61 Å². The lowest BCUT2D eigenvalue weighted by molar-refractivity contribution is 0.148. The minimum absolute atomic E-state index is 0.327. The molecular weight excluding hydrogens is 210 g/mol. The topological polar surface area (TPSA) is 32.3 Å². The van der Waals surface area contributed by atoms with Gasteiger partial charge >= 0.3 is 0 Å². The van der Waals surface area contributed by atoms with E-state index in [2.05, 4.69) is 5.32 Å². The normalized spacial score (nSPS) is 31.6. The second-order valence-corrected chi connectivity index (χ2v) is 5.98. The van der Waals surface area contributed by atoms with Gasteiger partial charge < -0.3 is 10.4 Å². The molecule has 0 aromatic carbocycles. The van der Waals surface area contributed by atoms with Crippen LogP contribution in [0.3, 0.4) is 0 Å².